The molecule has 1 heterocycles. The summed E-state index contributed by atoms with van der Waals surface area (Å²) in [5.74, 6) is 0.717. The van der Waals surface area contributed by atoms with Gasteiger partial charge in [0.05, 0.1) is 0 Å². The molecule has 6 heteroatoms. The molecular weight excluding hydrogens is 308 g/mol. The Morgan fingerprint density at radius 3 is 2.43 bits per heavy atom. The molecule has 23 heavy (non-hydrogen) atoms. The minimum atomic E-state index is -0.247. The third-order valence-electron chi connectivity index (χ3n) is 3.46. The first-order valence-electron chi connectivity index (χ1n) is 7.78. The fourth-order valence-electron chi connectivity index (χ4n) is 2.05. The van der Waals surface area contributed by atoms with Crippen molar-refractivity contribution < 1.29 is 4.79 Å². The summed E-state index contributed by atoms with van der Waals surface area (Å²) in [5.41, 5.74) is 1.07. The number of hydrogen-bond acceptors (Lipinski definition) is 5. The van der Waals surface area contributed by atoms with Crippen LogP contribution in [0.5, 0.6) is 0 Å². The lowest BCUT2D eigenvalue weighted by molar-refractivity contribution is 0.102. The molecule has 0 atom stereocenters. The molecule has 0 spiro atoms. The van der Waals surface area contributed by atoms with E-state index < -0.39 is 0 Å². The maximum absolute atomic E-state index is 12.1. The van der Waals surface area contributed by atoms with Crippen molar-refractivity contribution in [1.82, 2.24) is 15.1 Å². The summed E-state index contributed by atoms with van der Waals surface area (Å²) in [5, 5.41) is 11.8. The molecule has 5 nitrogen and oxygen atoms in total. The van der Waals surface area contributed by atoms with Crippen LogP contribution >= 0.6 is 11.8 Å². The molecule has 1 aromatic heterocycles. The molecule has 0 saturated heterocycles. The fourth-order valence-corrected chi connectivity index (χ4v) is 2.88. The zero-order valence-electron chi connectivity index (χ0n) is 13.5. The van der Waals surface area contributed by atoms with E-state index in [0.29, 0.717) is 5.69 Å². The van der Waals surface area contributed by atoms with E-state index in [2.05, 4.69) is 34.3 Å². The third-order valence-corrected chi connectivity index (χ3v) is 4.36. The average molecular weight is 330 g/mol. The van der Waals surface area contributed by atoms with Gasteiger partial charge in [0.2, 0.25) is 0 Å². The number of nitrogens with zero attached hydrogens (tertiary/aromatic N) is 3. The number of carbonyl (C=O) groups excluding carboxylic acids is 1. The zero-order chi connectivity index (χ0) is 16.5. The van der Waals surface area contributed by atoms with Crippen LogP contribution in [0.2, 0.25) is 0 Å². The largest absolute Gasteiger partial charge is 0.321 e. The van der Waals surface area contributed by atoms with Gasteiger partial charge < -0.3 is 10.2 Å². The first-order chi connectivity index (χ1) is 11.2. The summed E-state index contributed by atoms with van der Waals surface area (Å²) >= 11 is 1.66. The number of rotatable bonds is 8. The van der Waals surface area contributed by atoms with E-state index in [0.717, 1.165) is 36.1 Å². The van der Waals surface area contributed by atoms with Crippen LogP contribution in [0.3, 0.4) is 0 Å². The number of amides is 1. The number of thioether (sulfide) groups is 1. The van der Waals surface area contributed by atoms with Crippen LogP contribution in [0.25, 0.3) is 0 Å². The van der Waals surface area contributed by atoms with E-state index in [4.69, 9.17) is 0 Å². The van der Waals surface area contributed by atoms with Gasteiger partial charge in [-0.05, 0) is 37.4 Å². The first kappa shape index (κ1) is 17.4. The highest BCUT2D eigenvalue weighted by atomic mass is 32.2. The quantitative estimate of drug-likeness (QED) is 0.754. The van der Waals surface area contributed by atoms with Gasteiger partial charge in [-0.25, -0.2) is 0 Å². The zero-order valence-corrected chi connectivity index (χ0v) is 14.3. The first-order valence-corrected chi connectivity index (χ1v) is 8.76. The number of carbonyl (C=O) groups is 1. The van der Waals surface area contributed by atoms with E-state index >= 15 is 0 Å². The van der Waals surface area contributed by atoms with Gasteiger partial charge in [-0.1, -0.05) is 32.0 Å². The molecule has 0 fully saturated rings. The summed E-state index contributed by atoms with van der Waals surface area (Å²) in [4.78, 5) is 14.4. The Labute approximate surface area is 141 Å². The van der Waals surface area contributed by atoms with Crippen LogP contribution in [0, 0.1) is 0 Å². The van der Waals surface area contributed by atoms with E-state index in [-0.39, 0.29) is 5.91 Å². The maximum Gasteiger partial charge on any atom is 0.276 e. The molecule has 0 unspecified atom stereocenters. The normalized spacial score (nSPS) is 10.7. The SMILES string of the molecule is CCN(CC)CCSc1ccc(C(=O)Nc2ccccc2)nn1. The Bertz CT molecular complexity index is 600. The Morgan fingerprint density at radius 1 is 1.09 bits per heavy atom. The summed E-state index contributed by atoms with van der Waals surface area (Å²) < 4.78 is 0. The van der Waals surface area contributed by atoms with Crippen molar-refractivity contribution in [2.45, 2.75) is 18.9 Å². The lowest BCUT2D eigenvalue weighted by Crippen LogP contribution is -2.25. The third kappa shape index (κ3) is 5.65. The van der Waals surface area contributed by atoms with Crippen LogP contribution in [0.4, 0.5) is 5.69 Å². The van der Waals surface area contributed by atoms with Crippen LogP contribution in [-0.4, -0.2) is 46.4 Å². The summed E-state index contributed by atoms with van der Waals surface area (Å²) in [6.45, 7) is 7.46. The molecule has 2 rings (SSSR count). The highest BCUT2D eigenvalue weighted by Gasteiger charge is 2.09. The van der Waals surface area contributed by atoms with E-state index in [1.807, 2.05) is 36.4 Å². The van der Waals surface area contributed by atoms with Crippen molar-refractivity contribution in [3.63, 3.8) is 0 Å². The van der Waals surface area contributed by atoms with Gasteiger partial charge in [0.15, 0.2) is 5.69 Å². The van der Waals surface area contributed by atoms with E-state index in [1.165, 1.54) is 0 Å². The van der Waals surface area contributed by atoms with Crippen molar-refractivity contribution in [3.05, 3.63) is 48.2 Å². The topological polar surface area (TPSA) is 58.1 Å². The Kier molecular flexibility index (Phi) is 7.03. The molecule has 0 aliphatic carbocycles. The van der Waals surface area contributed by atoms with Crippen molar-refractivity contribution in [2.75, 3.05) is 30.7 Å². The second-order valence-corrected chi connectivity index (χ2v) is 6.07. The number of nitrogens with one attached hydrogen (secondary N) is 1. The van der Waals surface area contributed by atoms with E-state index in [1.54, 1.807) is 17.8 Å². The summed E-state index contributed by atoms with van der Waals surface area (Å²) in [7, 11) is 0. The van der Waals surface area contributed by atoms with Gasteiger partial charge in [0, 0.05) is 18.0 Å². The molecule has 1 N–H and O–H groups in total. The van der Waals surface area contributed by atoms with Crippen LogP contribution in [0.1, 0.15) is 24.3 Å². The monoisotopic (exact) mass is 330 g/mol. The number of anilines is 1. The molecule has 1 aromatic carbocycles. The molecule has 122 valence electrons. The lowest BCUT2D eigenvalue weighted by Gasteiger charge is -2.16. The van der Waals surface area contributed by atoms with Crippen molar-refractivity contribution in [1.29, 1.82) is 0 Å². The average Bonchev–Trinajstić information content (AvgIpc) is 2.60. The molecule has 2 aromatic rings. The molecule has 1 amide bonds. The minimum absolute atomic E-state index is 0.247. The maximum atomic E-state index is 12.1. The van der Waals surface area contributed by atoms with Gasteiger partial charge in [-0.15, -0.1) is 22.0 Å². The number of hydrogen-bond donors (Lipinski definition) is 1. The molecule has 0 radical (unpaired) electrons. The van der Waals surface area contributed by atoms with Crippen molar-refractivity contribution in [2.24, 2.45) is 0 Å². The molecule has 0 saturated carbocycles. The highest BCUT2D eigenvalue weighted by molar-refractivity contribution is 7.99. The van der Waals surface area contributed by atoms with Crippen LogP contribution in [-0.2, 0) is 0 Å². The minimum Gasteiger partial charge on any atom is -0.321 e. The van der Waals surface area contributed by atoms with Gasteiger partial charge in [0.1, 0.15) is 5.03 Å². The molecule has 0 aliphatic heterocycles. The van der Waals surface area contributed by atoms with Gasteiger partial charge in [-0.2, -0.15) is 0 Å². The Balaban J connectivity index is 1.85. The predicted octanol–water partition coefficient (Wildman–Crippen LogP) is 3.16. The van der Waals surface area contributed by atoms with Crippen molar-refractivity contribution >= 4 is 23.4 Å². The van der Waals surface area contributed by atoms with Crippen LogP contribution in [0.15, 0.2) is 47.5 Å². The smallest absolute Gasteiger partial charge is 0.276 e. The van der Waals surface area contributed by atoms with Crippen LogP contribution < -0.4 is 5.32 Å². The standard InChI is InChI=1S/C17H22N4OS/c1-3-21(4-2)12-13-23-16-11-10-15(19-20-16)17(22)18-14-8-6-5-7-9-14/h5-11H,3-4,12-13H2,1-2H3,(H,18,22). The highest BCUT2D eigenvalue weighted by Crippen LogP contribution is 2.15. The molecular formula is C17H22N4OS. The fraction of sp³-hybridized carbons (Fsp3) is 0.353. The van der Waals surface area contributed by atoms with Gasteiger partial charge in [0.25, 0.3) is 5.91 Å². The Hall–Kier alpha value is -1.92. The van der Waals surface area contributed by atoms with Gasteiger partial charge in [-0.3, -0.25) is 4.79 Å². The predicted molar refractivity (Wildman–Crippen MR) is 94.9 cm³/mol. The molecule has 0 bridgehead atoms. The second-order valence-electron chi connectivity index (χ2n) is 4.95. The second kappa shape index (κ2) is 9.27. The number of aromatic nitrogens is 2. The summed E-state index contributed by atoms with van der Waals surface area (Å²) in [6, 6.07) is 12.9. The number of para-hydroxylation sites is 1. The Morgan fingerprint density at radius 2 is 1.83 bits per heavy atom. The number of benzene rings is 1. The van der Waals surface area contributed by atoms with E-state index in [9.17, 15) is 4.79 Å². The van der Waals surface area contributed by atoms with Gasteiger partial charge >= 0.3 is 0 Å². The lowest BCUT2D eigenvalue weighted by atomic mass is 10.3. The van der Waals surface area contributed by atoms with Crippen molar-refractivity contribution in [3.8, 4) is 0 Å². The summed E-state index contributed by atoms with van der Waals surface area (Å²) in [6.07, 6.45) is 0. The molecule has 0 aliphatic rings.